The van der Waals surface area contributed by atoms with Crippen LogP contribution in [-0.4, -0.2) is 25.9 Å². The maximum absolute atomic E-state index is 13.1. The fourth-order valence-corrected chi connectivity index (χ4v) is 1.74. The van der Waals surface area contributed by atoms with Gasteiger partial charge in [-0.2, -0.15) is 0 Å². The van der Waals surface area contributed by atoms with Gasteiger partial charge in [-0.25, -0.2) is 4.39 Å². The third-order valence-electron chi connectivity index (χ3n) is 2.95. The molecule has 0 saturated carbocycles. The van der Waals surface area contributed by atoms with Crippen LogP contribution in [0.3, 0.4) is 0 Å². The molecule has 0 spiro atoms. The number of alkyl halides is 1. The van der Waals surface area contributed by atoms with Crippen LogP contribution in [-0.2, 0) is 11.8 Å². The van der Waals surface area contributed by atoms with Crippen molar-refractivity contribution in [1.29, 1.82) is 0 Å². The second kappa shape index (κ2) is 6.87. The monoisotopic (exact) mass is 268 g/mol. The molecule has 0 radical (unpaired) electrons. The van der Waals surface area contributed by atoms with E-state index >= 15 is 0 Å². The molecule has 108 valence electrons. The largest absolute Gasteiger partial charge is 0.490 e. The molecule has 0 saturated heterocycles. The maximum atomic E-state index is 13.1. The highest BCUT2D eigenvalue weighted by Crippen LogP contribution is 2.28. The maximum Gasteiger partial charge on any atom is 0.146 e. The molecule has 4 N–H and O–H groups in total. The van der Waals surface area contributed by atoms with Crippen molar-refractivity contribution in [2.45, 2.75) is 38.8 Å². The summed E-state index contributed by atoms with van der Waals surface area (Å²) in [4.78, 5) is 0. The van der Waals surface area contributed by atoms with Crippen molar-refractivity contribution in [3.05, 3.63) is 29.3 Å². The molecule has 0 amide bonds. The van der Waals surface area contributed by atoms with E-state index < -0.39 is 6.17 Å². The Balaban J connectivity index is 2.93. The second-order valence-corrected chi connectivity index (χ2v) is 5.80. The van der Waals surface area contributed by atoms with Gasteiger partial charge < -0.3 is 16.2 Å². The molecular formula is C15H25FN2O. The summed E-state index contributed by atoms with van der Waals surface area (Å²) in [7, 11) is 0. The third kappa shape index (κ3) is 5.17. The molecule has 0 bridgehead atoms. The van der Waals surface area contributed by atoms with Crippen LogP contribution in [0.25, 0.3) is 0 Å². The lowest BCUT2D eigenvalue weighted by molar-refractivity contribution is 0.200. The first-order chi connectivity index (χ1) is 8.86. The zero-order valence-electron chi connectivity index (χ0n) is 12.1. The molecule has 0 aromatic heterocycles. The fraction of sp³-hybridized carbons (Fsp3) is 0.600. The highest BCUT2D eigenvalue weighted by Gasteiger charge is 2.16. The van der Waals surface area contributed by atoms with Crippen LogP contribution < -0.4 is 16.2 Å². The van der Waals surface area contributed by atoms with Gasteiger partial charge in [-0.3, -0.25) is 0 Å². The smallest absolute Gasteiger partial charge is 0.146 e. The number of rotatable bonds is 6. The van der Waals surface area contributed by atoms with Gasteiger partial charge in [0.15, 0.2) is 0 Å². The Morgan fingerprint density at radius 1 is 1.21 bits per heavy atom. The first-order valence-corrected chi connectivity index (χ1v) is 6.68. The van der Waals surface area contributed by atoms with Gasteiger partial charge in [-0.1, -0.05) is 26.8 Å². The molecule has 0 unspecified atom stereocenters. The van der Waals surface area contributed by atoms with Gasteiger partial charge in [-0.05, 0) is 41.6 Å². The predicted octanol–water partition coefficient (Wildman–Crippen LogP) is 2.16. The molecule has 0 heterocycles. The van der Waals surface area contributed by atoms with Gasteiger partial charge in [0.05, 0.1) is 0 Å². The fourth-order valence-electron chi connectivity index (χ4n) is 1.74. The number of benzene rings is 1. The molecule has 0 aliphatic carbocycles. The van der Waals surface area contributed by atoms with Crippen molar-refractivity contribution < 1.29 is 9.13 Å². The lowest BCUT2D eigenvalue weighted by Crippen LogP contribution is -2.22. The SMILES string of the molecule is CC(C)(C)c1cc(CCN)cc(OC[C@H](F)CN)c1. The number of nitrogens with two attached hydrogens (primary N) is 2. The highest BCUT2D eigenvalue weighted by molar-refractivity contribution is 5.38. The Hall–Kier alpha value is -1.13. The van der Waals surface area contributed by atoms with Crippen molar-refractivity contribution in [2.24, 2.45) is 11.5 Å². The Labute approximate surface area is 115 Å². The van der Waals surface area contributed by atoms with Gasteiger partial charge in [0.2, 0.25) is 0 Å². The Kier molecular flexibility index (Phi) is 5.76. The Bertz CT molecular complexity index is 402. The minimum absolute atomic E-state index is 0.00778. The second-order valence-electron chi connectivity index (χ2n) is 5.80. The molecule has 1 aromatic carbocycles. The van der Waals surface area contributed by atoms with Crippen molar-refractivity contribution in [3.8, 4) is 5.75 Å². The number of hydrogen-bond acceptors (Lipinski definition) is 3. The summed E-state index contributed by atoms with van der Waals surface area (Å²) in [6.45, 7) is 6.96. The number of halogens is 1. The van der Waals surface area contributed by atoms with Gasteiger partial charge >= 0.3 is 0 Å². The Morgan fingerprint density at radius 2 is 1.89 bits per heavy atom. The summed E-state index contributed by atoms with van der Waals surface area (Å²) < 4.78 is 18.6. The molecule has 0 fully saturated rings. The lowest BCUT2D eigenvalue weighted by atomic mass is 9.85. The number of ether oxygens (including phenoxy) is 1. The molecule has 0 aliphatic rings. The van der Waals surface area contributed by atoms with Crippen LogP contribution in [0.4, 0.5) is 4.39 Å². The van der Waals surface area contributed by atoms with Crippen molar-refractivity contribution in [3.63, 3.8) is 0 Å². The standard InChI is InChI=1S/C15H25FN2O/c1-15(2,3)12-6-11(4-5-17)7-14(8-12)19-10-13(16)9-18/h6-8,13H,4-5,9-10,17-18H2,1-3H3/t13-/m1/s1. The first-order valence-electron chi connectivity index (χ1n) is 6.68. The van der Waals surface area contributed by atoms with E-state index in [1.54, 1.807) is 0 Å². The number of hydrogen-bond donors (Lipinski definition) is 2. The molecular weight excluding hydrogens is 243 g/mol. The predicted molar refractivity (Wildman–Crippen MR) is 77.3 cm³/mol. The minimum Gasteiger partial charge on any atom is -0.490 e. The van der Waals surface area contributed by atoms with Gasteiger partial charge in [0.1, 0.15) is 18.5 Å². The average molecular weight is 268 g/mol. The topological polar surface area (TPSA) is 61.3 Å². The van der Waals surface area contributed by atoms with E-state index in [1.165, 1.54) is 0 Å². The van der Waals surface area contributed by atoms with Crippen LogP contribution in [0, 0.1) is 0 Å². The summed E-state index contributed by atoms with van der Waals surface area (Å²) in [5.41, 5.74) is 13.1. The van der Waals surface area contributed by atoms with E-state index in [4.69, 9.17) is 16.2 Å². The molecule has 1 atom stereocenters. The molecule has 3 nitrogen and oxygen atoms in total. The van der Waals surface area contributed by atoms with Gasteiger partial charge in [0.25, 0.3) is 0 Å². The molecule has 0 aliphatic heterocycles. The van der Waals surface area contributed by atoms with Crippen LogP contribution in [0.5, 0.6) is 5.75 Å². The van der Waals surface area contributed by atoms with E-state index in [-0.39, 0.29) is 18.6 Å². The quantitative estimate of drug-likeness (QED) is 0.831. The van der Waals surface area contributed by atoms with E-state index in [1.807, 2.05) is 12.1 Å². The molecule has 1 rings (SSSR count). The van der Waals surface area contributed by atoms with Crippen LogP contribution in [0.1, 0.15) is 31.9 Å². The average Bonchev–Trinajstić information content (AvgIpc) is 2.35. The lowest BCUT2D eigenvalue weighted by Gasteiger charge is -2.21. The van der Waals surface area contributed by atoms with Crippen LogP contribution in [0.2, 0.25) is 0 Å². The van der Waals surface area contributed by atoms with E-state index in [0.29, 0.717) is 12.3 Å². The van der Waals surface area contributed by atoms with Gasteiger partial charge in [0, 0.05) is 6.54 Å². The summed E-state index contributed by atoms with van der Waals surface area (Å²) in [6.07, 6.45) is -0.341. The summed E-state index contributed by atoms with van der Waals surface area (Å²) in [6, 6.07) is 6.02. The normalized spacial score (nSPS) is 13.4. The van der Waals surface area contributed by atoms with Crippen molar-refractivity contribution in [2.75, 3.05) is 19.7 Å². The third-order valence-corrected chi connectivity index (χ3v) is 2.95. The Morgan fingerprint density at radius 3 is 2.42 bits per heavy atom. The van der Waals surface area contributed by atoms with E-state index in [9.17, 15) is 4.39 Å². The summed E-state index contributed by atoms with van der Waals surface area (Å²) >= 11 is 0. The highest BCUT2D eigenvalue weighted by atomic mass is 19.1. The summed E-state index contributed by atoms with van der Waals surface area (Å²) in [5.74, 6) is 0.687. The molecule has 1 aromatic rings. The molecule has 19 heavy (non-hydrogen) atoms. The minimum atomic E-state index is -1.13. The first kappa shape index (κ1) is 15.9. The molecule has 4 heteroatoms. The van der Waals surface area contributed by atoms with E-state index in [2.05, 4.69) is 26.8 Å². The van der Waals surface area contributed by atoms with Crippen LogP contribution in [0.15, 0.2) is 18.2 Å². The van der Waals surface area contributed by atoms with Crippen molar-refractivity contribution >= 4 is 0 Å². The zero-order chi connectivity index (χ0) is 14.5. The summed E-state index contributed by atoms with van der Waals surface area (Å²) in [5, 5.41) is 0. The van der Waals surface area contributed by atoms with E-state index in [0.717, 1.165) is 17.5 Å². The van der Waals surface area contributed by atoms with Crippen LogP contribution >= 0.6 is 0 Å². The zero-order valence-corrected chi connectivity index (χ0v) is 12.1. The van der Waals surface area contributed by atoms with Gasteiger partial charge in [-0.15, -0.1) is 0 Å². The van der Waals surface area contributed by atoms with Crippen molar-refractivity contribution in [1.82, 2.24) is 0 Å².